The first-order valence-corrected chi connectivity index (χ1v) is 9.13. The molecule has 0 amide bonds. The van der Waals surface area contributed by atoms with Crippen LogP contribution in [0, 0.1) is 6.07 Å². The minimum absolute atomic E-state index is 1.07. The van der Waals surface area contributed by atoms with Gasteiger partial charge in [0.25, 0.3) is 0 Å². The standard InChI is InChI=1S/C26H18N/c1-3-13-23(14-4-1)27(24-15-5-2-6-16-24)26-17-9-12-22-18-20-10-7-8-11-21(20)19-25(22)26/h1-16,18-19H. The molecule has 27 heavy (non-hydrogen) atoms. The summed E-state index contributed by atoms with van der Waals surface area (Å²) in [4.78, 5) is 2.27. The Morgan fingerprint density at radius 2 is 1.07 bits per heavy atom. The molecule has 127 valence electrons. The van der Waals surface area contributed by atoms with Crippen molar-refractivity contribution in [2.75, 3.05) is 4.90 Å². The van der Waals surface area contributed by atoms with E-state index in [1.54, 1.807) is 0 Å². The lowest BCUT2D eigenvalue weighted by Crippen LogP contribution is -2.10. The number of anilines is 3. The van der Waals surface area contributed by atoms with Gasteiger partial charge in [-0.05, 0) is 52.6 Å². The number of hydrogen-bond acceptors (Lipinski definition) is 1. The number of nitrogens with zero attached hydrogens (tertiary/aromatic N) is 1. The summed E-state index contributed by atoms with van der Waals surface area (Å²) in [5.74, 6) is 0. The highest BCUT2D eigenvalue weighted by Gasteiger charge is 2.15. The molecule has 0 aromatic heterocycles. The highest BCUT2D eigenvalue weighted by molar-refractivity contribution is 6.05. The average molecular weight is 344 g/mol. The molecule has 0 bridgehead atoms. The van der Waals surface area contributed by atoms with Gasteiger partial charge in [-0.15, -0.1) is 0 Å². The van der Waals surface area contributed by atoms with E-state index in [0.29, 0.717) is 0 Å². The van der Waals surface area contributed by atoms with Gasteiger partial charge in [-0.2, -0.15) is 0 Å². The minimum atomic E-state index is 1.07. The smallest absolute Gasteiger partial charge is 0.0619 e. The molecule has 0 N–H and O–H groups in total. The normalized spacial score (nSPS) is 11.0. The van der Waals surface area contributed by atoms with Gasteiger partial charge in [0.1, 0.15) is 0 Å². The van der Waals surface area contributed by atoms with E-state index < -0.39 is 0 Å². The molecule has 5 aromatic rings. The zero-order valence-corrected chi connectivity index (χ0v) is 14.8. The molecule has 5 aromatic carbocycles. The Balaban J connectivity index is 1.81. The summed E-state index contributed by atoms with van der Waals surface area (Å²) >= 11 is 0. The third kappa shape index (κ3) is 2.84. The summed E-state index contributed by atoms with van der Waals surface area (Å²) in [6.45, 7) is 0. The number of benzene rings is 5. The number of para-hydroxylation sites is 2. The molecular formula is C26H18N. The molecule has 1 heteroatoms. The van der Waals surface area contributed by atoms with Crippen molar-refractivity contribution in [2.24, 2.45) is 0 Å². The Morgan fingerprint density at radius 1 is 0.519 bits per heavy atom. The lowest BCUT2D eigenvalue weighted by molar-refractivity contribution is 1.29. The van der Waals surface area contributed by atoms with Crippen LogP contribution in [0.4, 0.5) is 17.1 Å². The van der Waals surface area contributed by atoms with Crippen LogP contribution < -0.4 is 4.90 Å². The number of fused-ring (bicyclic) bond motifs is 2. The molecule has 0 atom stereocenters. The maximum atomic E-state index is 3.50. The summed E-state index contributed by atoms with van der Waals surface area (Å²) in [6.07, 6.45) is 0. The van der Waals surface area contributed by atoms with Crippen molar-refractivity contribution < 1.29 is 0 Å². The van der Waals surface area contributed by atoms with Gasteiger partial charge >= 0.3 is 0 Å². The van der Waals surface area contributed by atoms with Gasteiger partial charge in [0, 0.05) is 22.8 Å². The molecule has 0 unspecified atom stereocenters. The van der Waals surface area contributed by atoms with Gasteiger partial charge in [0.15, 0.2) is 0 Å². The first kappa shape index (κ1) is 15.7. The van der Waals surface area contributed by atoms with Crippen LogP contribution in [-0.4, -0.2) is 0 Å². The highest BCUT2D eigenvalue weighted by Crippen LogP contribution is 2.39. The summed E-state index contributed by atoms with van der Waals surface area (Å²) in [5, 5.41) is 4.92. The fraction of sp³-hybridized carbons (Fsp3) is 0. The summed E-state index contributed by atoms with van der Waals surface area (Å²) in [5.41, 5.74) is 3.32. The van der Waals surface area contributed by atoms with Gasteiger partial charge in [0.2, 0.25) is 0 Å². The molecule has 1 radical (unpaired) electrons. The molecule has 0 spiro atoms. The maximum Gasteiger partial charge on any atom is 0.0619 e. The molecular weight excluding hydrogens is 326 g/mol. The van der Waals surface area contributed by atoms with Crippen molar-refractivity contribution >= 4 is 38.6 Å². The van der Waals surface area contributed by atoms with Crippen LogP contribution in [0.2, 0.25) is 0 Å². The van der Waals surface area contributed by atoms with E-state index in [1.165, 1.54) is 21.5 Å². The third-order valence-corrected chi connectivity index (χ3v) is 4.91. The van der Waals surface area contributed by atoms with Crippen LogP contribution in [0.1, 0.15) is 0 Å². The Kier molecular flexibility index (Phi) is 3.84. The molecule has 0 heterocycles. The van der Waals surface area contributed by atoms with E-state index >= 15 is 0 Å². The summed E-state index contributed by atoms with van der Waals surface area (Å²) < 4.78 is 0. The molecule has 5 rings (SSSR count). The molecule has 0 aliphatic carbocycles. The first-order valence-electron chi connectivity index (χ1n) is 9.13. The fourth-order valence-corrected chi connectivity index (χ4v) is 3.64. The second-order valence-corrected chi connectivity index (χ2v) is 6.62. The van der Waals surface area contributed by atoms with Gasteiger partial charge in [0.05, 0.1) is 5.69 Å². The lowest BCUT2D eigenvalue weighted by Gasteiger charge is -2.26. The minimum Gasteiger partial charge on any atom is -0.309 e. The Bertz CT molecular complexity index is 1170. The molecule has 0 aliphatic heterocycles. The van der Waals surface area contributed by atoms with Crippen molar-refractivity contribution in [3.63, 3.8) is 0 Å². The van der Waals surface area contributed by atoms with E-state index in [4.69, 9.17) is 0 Å². The van der Waals surface area contributed by atoms with Gasteiger partial charge in [-0.1, -0.05) is 72.8 Å². The van der Waals surface area contributed by atoms with Gasteiger partial charge in [-0.25, -0.2) is 0 Å². The van der Waals surface area contributed by atoms with E-state index in [2.05, 4.69) is 102 Å². The van der Waals surface area contributed by atoms with Crippen LogP contribution in [0.3, 0.4) is 0 Å². The SMILES string of the molecule is [c]1ccc2cc3ccccc3cc2c1N(c1ccccc1)c1ccccc1. The van der Waals surface area contributed by atoms with Gasteiger partial charge in [-0.3, -0.25) is 0 Å². The zero-order chi connectivity index (χ0) is 18.1. The Hall–Kier alpha value is -3.58. The van der Waals surface area contributed by atoms with E-state index in [-0.39, 0.29) is 0 Å². The molecule has 1 nitrogen and oxygen atoms in total. The quantitative estimate of drug-likeness (QED) is 0.311. The maximum absolute atomic E-state index is 3.50. The van der Waals surface area contributed by atoms with E-state index in [9.17, 15) is 0 Å². The number of hydrogen-bond donors (Lipinski definition) is 0. The van der Waals surface area contributed by atoms with Crippen molar-refractivity contribution in [2.45, 2.75) is 0 Å². The van der Waals surface area contributed by atoms with Crippen LogP contribution in [0.25, 0.3) is 21.5 Å². The average Bonchev–Trinajstić information content (AvgIpc) is 2.74. The lowest BCUT2D eigenvalue weighted by atomic mass is 10.0. The van der Waals surface area contributed by atoms with Crippen molar-refractivity contribution in [3.8, 4) is 0 Å². The van der Waals surface area contributed by atoms with Crippen LogP contribution >= 0.6 is 0 Å². The van der Waals surface area contributed by atoms with Crippen molar-refractivity contribution in [1.29, 1.82) is 0 Å². The molecule has 0 fully saturated rings. The summed E-state index contributed by atoms with van der Waals surface area (Å²) in [6, 6.07) is 41.7. The molecule has 0 saturated heterocycles. The Morgan fingerprint density at radius 3 is 1.70 bits per heavy atom. The molecule has 0 aliphatic rings. The first-order chi connectivity index (χ1) is 13.4. The third-order valence-electron chi connectivity index (χ3n) is 4.91. The highest BCUT2D eigenvalue weighted by atomic mass is 15.1. The predicted octanol–water partition coefficient (Wildman–Crippen LogP) is 7.26. The van der Waals surface area contributed by atoms with E-state index in [1.807, 2.05) is 18.2 Å². The van der Waals surface area contributed by atoms with Gasteiger partial charge < -0.3 is 4.90 Å². The van der Waals surface area contributed by atoms with Crippen LogP contribution in [0.15, 0.2) is 109 Å². The van der Waals surface area contributed by atoms with Crippen LogP contribution in [-0.2, 0) is 0 Å². The summed E-state index contributed by atoms with van der Waals surface area (Å²) in [7, 11) is 0. The predicted molar refractivity (Wildman–Crippen MR) is 115 cm³/mol. The van der Waals surface area contributed by atoms with Crippen LogP contribution in [0.5, 0.6) is 0 Å². The number of rotatable bonds is 3. The Labute approximate surface area is 159 Å². The fourth-order valence-electron chi connectivity index (χ4n) is 3.64. The monoisotopic (exact) mass is 344 g/mol. The van der Waals surface area contributed by atoms with Crippen molar-refractivity contribution in [3.05, 3.63) is 115 Å². The largest absolute Gasteiger partial charge is 0.309 e. The zero-order valence-electron chi connectivity index (χ0n) is 14.8. The second-order valence-electron chi connectivity index (χ2n) is 6.62. The second kappa shape index (κ2) is 6.62. The van der Waals surface area contributed by atoms with E-state index in [0.717, 1.165) is 17.1 Å². The topological polar surface area (TPSA) is 3.24 Å². The van der Waals surface area contributed by atoms with Crippen molar-refractivity contribution in [1.82, 2.24) is 0 Å². The molecule has 0 saturated carbocycles.